The summed E-state index contributed by atoms with van der Waals surface area (Å²) in [6, 6.07) is 5.32. The van der Waals surface area contributed by atoms with Gasteiger partial charge >= 0.3 is 0 Å². The summed E-state index contributed by atoms with van der Waals surface area (Å²) in [7, 11) is 0. The number of aromatic nitrogens is 2. The van der Waals surface area contributed by atoms with Gasteiger partial charge in [-0.3, -0.25) is 4.79 Å². The molecule has 0 radical (unpaired) electrons. The average molecular weight is 307 g/mol. The van der Waals surface area contributed by atoms with Gasteiger partial charge in [-0.15, -0.1) is 0 Å². The minimum absolute atomic E-state index is 0.182. The summed E-state index contributed by atoms with van der Waals surface area (Å²) in [5, 5.41) is 4.92. The number of hydrogen-bond acceptors (Lipinski definition) is 3. The summed E-state index contributed by atoms with van der Waals surface area (Å²) in [5.41, 5.74) is 3.63. The third kappa shape index (κ3) is 3.10. The lowest BCUT2D eigenvalue weighted by molar-refractivity contribution is 0.0706. The third-order valence-electron chi connectivity index (χ3n) is 3.65. The number of ether oxygens (including phenoxy) is 1. The van der Waals surface area contributed by atoms with E-state index in [1.54, 1.807) is 19.1 Å². The van der Waals surface area contributed by atoms with E-state index in [0.717, 1.165) is 22.5 Å². The van der Waals surface area contributed by atoms with Crippen molar-refractivity contribution in [1.82, 2.24) is 9.78 Å². The molecule has 0 spiro atoms. The predicted molar refractivity (Wildman–Crippen MR) is 83.3 cm³/mol. The van der Waals surface area contributed by atoms with Crippen molar-refractivity contribution in [2.45, 2.75) is 40.7 Å². The van der Waals surface area contributed by atoms with E-state index in [9.17, 15) is 4.79 Å². The van der Waals surface area contributed by atoms with Crippen LogP contribution in [0.5, 0.6) is 5.75 Å². The third-order valence-corrected chi connectivity index (χ3v) is 3.89. The molecule has 21 heavy (non-hydrogen) atoms. The molecule has 1 aromatic carbocycles. The molecule has 0 amide bonds. The first kappa shape index (κ1) is 15.6. The molecule has 0 aliphatic rings. The molecule has 112 valence electrons. The average Bonchev–Trinajstić information content (AvgIpc) is 2.68. The van der Waals surface area contributed by atoms with Crippen molar-refractivity contribution in [3.8, 4) is 5.75 Å². The molecule has 1 atom stereocenters. The van der Waals surface area contributed by atoms with Gasteiger partial charge in [0.1, 0.15) is 5.75 Å². The van der Waals surface area contributed by atoms with E-state index in [2.05, 4.69) is 5.10 Å². The molecule has 0 bridgehead atoms. The maximum absolute atomic E-state index is 12.5. The number of carbonyl (C=O) groups is 1. The van der Waals surface area contributed by atoms with Gasteiger partial charge in [-0.1, -0.05) is 11.6 Å². The van der Waals surface area contributed by atoms with Crippen molar-refractivity contribution in [3.63, 3.8) is 0 Å². The maximum atomic E-state index is 12.5. The zero-order valence-electron chi connectivity index (χ0n) is 12.9. The van der Waals surface area contributed by atoms with Crippen molar-refractivity contribution in [3.05, 3.63) is 45.7 Å². The first-order valence-corrected chi connectivity index (χ1v) is 7.19. The lowest BCUT2D eigenvalue weighted by Crippen LogP contribution is -2.31. The molecule has 0 aliphatic heterocycles. The molecule has 0 fully saturated rings. The molecule has 4 nitrogen and oxygen atoms in total. The first-order valence-electron chi connectivity index (χ1n) is 6.81. The Morgan fingerprint density at radius 1 is 1.29 bits per heavy atom. The number of aryl methyl sites for hydroxylation is 2. The standard InChI is InChI=1S/C16H19ClN2O2/c1-9-8-14(17)6-7-15(9)21-13(5)16(20)19-12(4)10(2)11(3)18-19/h6-8,13H,1-5H3/t13-/m1/s1. The van der Waals surface area contributed by atoms with Crippen LogP contribution in [0.15, 0.2) is 18.2 Å². The lowest BCUT2D eigenvalue weighted by atomic mass is 10.2. The van der Waals surface area contributed by atoms with Gasteiger partial charge in [0.15, 0.2) is 6.10 Å². The van der Waals surface area contributed by atoms with Gasteiger partial charge in [0, 0.05) is 10.7 Å². The number of hydrogen-bond donors (Lipinski definition) is 0. The highest BCUT2D eigenvalue weighted by atomic mass is 35.5. The second-order valence-corrected chi connectivity index (χ2v) is 5.65. The lowest BCUT2D eigenvalue weighted by Gasteiger charge is -2.16. The molecule has 0 saturated carbocycles. The van der Waals surface area contributed by atoms with Gasteiger partial charge in [0.25, 0.3) is 5.91 Å². The Bertz CT molecular complexity index is 692. The Hall–Kier alpha value is -1.81. The van der Waals surface area contributed by atoms with Crippen LogP contribution in [0.4, 0.5) is 0 Å². The molecule has 0 N–H and O–H groups in total. The number of carbonyl (C=O) groups excluding carboxylic acids is 1. The van der Waals surface area contributed by atoms with Crippen LogP contribution < -0.4 is 4.74 Å². The van der Waals surface area contributed by atoms with E-state index < -0.39 is 6.10 Å². The van der Waals surface area contributed by atoms with E-state index in [0.29, 0.717) is 10.8 Å². The largest absolute Gasteiger partial charge is 0.481 e. The van der Waals surface area contributed by atoms with Gasteiger partial charge in [0.2, 0.25) is 0 Å². The van der Waals surface area contributed by atoms with E-state index in [1.165, 1.54) is 4.68 Å². The highest BCUT2D eigenvalue weighted by Crippen LogP contribution is 2.23. The van der Waals surface area contributed by atoms with Crippen LogP contribution in [0.3, 0.4) is 0 Å². The molecule has 0 aliphatic carbocycles. The number of rotatable bonds is 3. The fraction of sp³-hybridized carbons (Fsp3) is 0.375. The monoisotopic (exact) mass is 306 g/mol. The number of halogens is 1. The summed E-state index contributed by atoms with van der Waals surface area (Å²) in [6.45, 7) is 9.35. The fourth-order valence-corrected chi connectivity index (χ4v) is 2.32. The van der Waals surface area contributed by atoms with Gasteiger partial charge < -0.3 is 4.74 Å². The van der Waals surface area contributed by atoms with Crippen LogP contribution in [-0.2, 0) is 0 Å². The first-order chi connectivity index (χ1) is 9.81. The fourth-order valence-electron chi connectivity index (χ4n) is 2.09. The second-order valence-electron chi connectivity index (χ2n) is 5.22. The van der Waals surface area contributed by atoms with Crippen molar-refractivity contribution in [2.24, 2.45) is 0 Å². The molecule has 2 rings (SSSR count). The normalized spacial score (nSPS) is 12.3. The Balaban J connectivity index is 2.21. The van der Waals surface area contributed by atoms with Gasteiger partial charge in [-0.2, -0.15) is 5.10 Å². The highest BCUT2D eigenvalue weighted by molar-refractivity contribution is 6.30. The molecule has 1 aromatic heterocycles. The molecular weight excluding hydrogens is 288 g/mol. The second kappa shape index (κ2) is 5.90. The van der Waals surface area contributed by atoms with Crippen LogP contribution in [0.2, 0.25) is 5.02 Å². The van der Waals surface area contributed by atoms with Gasteiger partial charge in [-0.05, 0) is 63.9 Å². The van der Waals surface area contributed by atoms with Crippen molar-refractivity contribution < 1.29 is 9.53 Å². The molecule has 2 aromatic rings. The smallest absolute Gasteiger partial charge is 0.287 e. The highest BCUT2D eigenvalue weighted by Gasteiger charge is 2.21. The van der Waals surface area contributed by atoms with E-state index in [-0.39, 0.29) is 5.91 Å². The molecule has 0 unspecified atom stereocenters. The molecule has 5 heteroatoms. The number of benzene rings is 1. The SMILES string of the molecule is Cc1cc(Cl)ccc1O[C@H](C)C(=O)n1nc(C)c(C)c1C. The van der Waals surface area contributed by atoms with Crippen LogP contribution in [-0.4, -0.2) is 21.8 Å². The quantitative estimate of drug-likeness (QED) is 0.864. The van der Waals surface area contributed by atoms with Crippen LogP contribution in [0, 0.1) is 27.7 Å². The van der Waals surface area contributed by atoms with Crippen LogP contribution in [0.25, 0.3) is 0 Å². The summed E-state index contributed by atoms with van der Waals surface area (Å²) in [4.78, 5) is 12.5. The Morgan fingerprint density at radius 2 is 1.95 bits per heavy atom. The van der Waals surface area contributed by atoms with Crippen LogP contribution >= 0.6 is 11.6 Å². The Morgan fingerprint density at radius 3 is 2.48 bits per heavy atom. The van der Waals surface area contributed by atoms with Crippen LogP contribution in [0.1, 0.15) is 34.2 Å². The zero-order valence-corrected chi connectivity index (χ0v) is 13.7. The molecule has 1 heterocycles. The van der Waals surface area contributed by atoms with Crippen molar-refractivity contribution >= 4 is 17.5 Å². The zero-order chi connectivity index (χ0) is 15.7. The Labute approximate surface area is 129 Å². The van der Waals surface area contributed by atoms with Gasteiger partial charge in [0.05, 0.1) is 5.69 Å². The van der Waals surface area contributed by atoms with E-state index in [1.807, 2.05) is 33.8 Å². The van der Waals surface area contributed by atoms with E-state index >= 15 is 0 Å². The number of nitrogens with zero attached hydrogens (tertiary/aromatic N) is 2. The summed E-state index contributed by atoms with van der Waals surface area (Å²) >= 11 is 5.92. The topological polar surface area (TPSA) is 44.1 Å². The molecular formula is C16H19ClN2O2. The van der Waals surface area contributed by atoms with E-state index in [4.69, 9.17) is 16.3 Å². The molecule has 0 saturated heterocycles. The van der Waals surface area contributed by atoms with Crippen molar-refractivity contribution in [1.29, 1.82) is 0 Å². The summed E-state index contributed by atoms with van der Waals surface area (Å²) in [5.74, 6) is 0.469. The van der Waals surface area contributed by atoms with Crippen molar-refractivity contribution in [2.75, 3.05) is 0 Å². The van der Waals surface area contributed by atoms with Gasteiger partial charge in [-0.25, -0.2) is 4.68 Å². The summed E-state index contributed by atoms with van der Waals surface area (Å²) < 4.78 is 7.17. The minimum Gasteiger partial charge on any atom is -0.481 e. The summed E-state index contributed by atoms with van der Waals surface area (Å²) in [6.07, 6.45) is -0.623. The minimum atomic E-state index is -0.623. The Kier molecular flexibility index (Phi) is 4.37. The predicted octanol–water partition coefficient (Wildman–Crippen LogP) is 3.88. The maximum Gasteiger partial charge on any atom is 0.287 e.